The first kappa shape index (κ1) is 17.8. The summed E-state index contributed by atoms with van der Waals surface area (Å²) in [5.74, 6) is 1.51. The molecule has 0 aliphatic carbocycles. The van der Waals surface area contributed by atoms with Crippen molar-refractivity contribution in [3.63, 3.8) is 0 Å². The Balaban J connectivity index is 0.00000182. The predicted octanol–water partition coefficient (Wildman–Crippen LogP) is 2.40. The molecule has 1 aromatic carbocycles. The Hall–Kier alpha value is -2.05. The van der Waals surface area contributed by atoms with Crippen LogP contribution in [0.25, 0.3) is 0 Å². The molecule has 0 spiro atoms. The second-order valence-corrected chi connectivity index (χ2v) is 6.54. The molecule has 1 saturated heterocycles. The summed E-state index contributed by atoms with van der Waals surface area (Å²) in [6.45, 7) is 3.49. The van der Waals surface area contributed by atoms with Crippen LogP contribution in [0.15, 0.2) is 30.5 Å². The van der Waals surface area contributed by atoms with E-state index in [2.05, 4.69) is 19.8 Å². The zero-order valence-electron chi connectivity index (χ0n) is 13.9. The summed E-state index contributed by atoms with van der Waals surface area (Å²) in [7, 11) is 1.77. The first-order valence-corrected chi connectivity index (χ1v) is 8.37. The Morgan fingerprint density at radius 3 is 2.36 bits per heavy atom. The molecular formula is C17H19Cl2N5O. The number of anilines is 3. The van der Waals surface area contributed by atoms with Gasteiger partial charge in [-0.05, 0) is 24.3 Å². The van der Waals surface area contributed by atoms with Crippen molar-refractivity contribution < 1.29 is 4.79 Å². The monoisotopic (exact) mass is 379 g/mol. The van der Waals surface area contributed by atoms with Gasteiger partial charge in [0.2, 0.25) is 11.9 Å². The van der Waals surface area contributed by atoms with Gasteiger partial charge in [-0.15, -0.1) is 12.4 Å². The number of carbonyl (C=O) groups is 1. The molecule has 0 saturated carbocycles. The van der Waals surface area contributed by atoms with E-state index >= 15 is 0 Å². The van der Waals surface area contributed by atoms with Gasteiger partial charge in [0.05, 0.1) is 6.42 Å². The number of amides is 1. The number of hydrogen-bond donors (Lipinski definition) is 0. The molecule has 0 bridgehead atoms. The van der Waals surface area contributed by atoms with Gasteiger partial charge < -0.3 is 9.80 Å². The van der Waals surface area contributed by atoms with E-state index in [-0.39, 0.29) is 18.3 Å². The molecule has 0 unspecified atom stereocenters. The van der Waals surface area contributed by atoms with Crippen molar-refractivity contribution in [3.8, 4) is 0 Å². The first-order valence-electron chi connectivity index (χ1n) is 8.00. The Morgan fingerprint density at radius 2 is 1.68 bits per heavy atom. The molecule has 4 rings (SSSR count). The topological polar surface area (TPSA) is 52.6 Å². The minimum absolute atomic E-state index is 0. The summed E-state index contributed by atoms with van der Waals surface area (Å²) in [5.41, 5.74) is 2.09. The molecule has 0 N–H and O–H groups in total. The van der Waals surface area contributed by atoms with Crippen LogP contribution in [0.3, 0.4) is 0 Å². The molecule has 1 aromatic heterocycles. The van der Waals surface area contributed by atoms with E-state index in [0.717, 1.165) is 42.6 Å². The average Bonchev–Trinajstić information content (AvgIpc) is 2.90. The lowest BCUT2D eigenvalue weighted by Crippen LogP contribution is -2.47. The number of halogens is 2. The van der Waals surface area contributed by atoms with Gasteiger partial charge >= 0.3 is 0 Å². The maximum atomic E-state index is 11.8. The fourth-order valence-corrected chi connectivity index (χ4v) is 3.30. The normalized spacial score (nSPS) is 16.7. The van der Waals surface area contributed by atoms with Gasteiger partial charge in [-0.2, -0.15) is 4.98 Å². The third-order valence-corrected chi connectivity index (χ3v) is 4.87. The number of hydrogen-bond acceptors (Lipinski definition) is 5. The number of piperazine rings is 1. The number of carbonyl (C=O) groups excluding carboxylic acids is 1. The van der Waals surface area contributed by atoms with E-state index in [4.69, 9.17) is 11.6 Å². The van der Waals surface area contributed by atoms with Gasteiger partial charge in [-0.1, -0.05) is 11.6 Å². The van der Waals surface area contributed by atoms with Crippen molar-refractivity contribution in [1.82, 2.24) is 9.97 Å². The SMILES string of the molecule is CN1C(=O)Cc2cnc(N3CCN(c4ccc(Cl)cc4)CC3)nc21.Cl. The highest BCUT2D eigenvalue weighted by molar-refractivity contribution is 6.30. The van der Waals surface area contributed by atoms with Crippen molar-refractivity contribution in [3.05, 3.63) is 41.0 Å². The molecule has 6 nitrogen and oxygen atoms in total. The standard InChI is InChI=1S/C17H18ClN5O.ClH/c1-21-15(24)10-12-11-19-17(20-16(12)21)23-8-6-22(7-9-23)14-4-2-13(18)3-5-14;/h2-5,11H,6-10H2,1H3;1H. The minimum atomic E-state index is 0. The fourth-order valence-electron chi connectivity index (χ4n) is 3.17. The van der Waals surface area contributed by atoms with Crippen LogP contribution in [0.2, 0.25) is 5.02 Å². The Bertz CT molecular complexity index is 775. The fraction of sp³-hybridized carbons (Fsp3) is 0.353. The highest BCUT2D eigenvalue weighted by Gasteiger charge is 2.28. The van der Waals surface area contributed by atoms with Crippen LogP contribution in [-0.4, -0.2) is 49.1 Å². The molecule has 25 heavy (non-hydrogen) atoms. The van der Waals surface area contributed by atoms with Gasteiger partial charge in [-0.25, -0.2) is 4.98 Å². The summed E-state index contributed by atoms with van der Waals surface area (Å²) in [4.78, 5) is 26.9. The Kier molecular flexibility index (Phi) is 5.01. The van der Waals surface area contributed by atoms with E-state index in [0.29, 0.717) is 12.4 Å². The van der Waals surface area contributed by atoms with Crippen molar-refractivity contribution in [2.75, 3.05) is 47.9 Å². The summed E-state index contributed by atoms with van der Waals surface area (Å²) < 4.78 is 0. The van der Waals surface area contributed by atoms with Crippen LogP contribution in [-0.2, 0) is 11.2 Å². The maximum Gasteiger partial charge on any atom is 0.232 e. The third-order valence-electron chi connectivity index (χ3n) is 4.62. The lowest BCUT2D eigenvalue weighted by atomic mass is 10.2. The molecule has 1 amide bonds. The van der Waals surface area contributed by atoms with Crippen molar-refractivity contribution in [1.29, 1.82) is 0 Å². The summed E-state index contributed by atoms with van der Waals surface area (Å²) >= 11 is 5.95. The van der Waals surface area contributed by atoms with Gasteiger partial charge in [0, 0.05) is 55.7 Å². The molecule has 2 aromatic rings. The molecule has 8 heteroatoms. The molecule has 0 atom stereocenters. The average molecular weight is 380 g/mol. The van der Waals surface area contributed by atoms with E-state index in [1.165, 1.54) is 5.69 Å². The van der Waals surface area contributed by atoms with E-state index < -0.39 is 0 Å². The molecule has 3 heterocycles. The molecular weight excluding hydrogens is 361 g/mol. The highest BCUT2D eigenvalue weighted by atomic mass is 35.5. The number of aromatic nitrogens is 2. The van der Waals surface area contributed by atoms with Crippen molar-refractivity contribution in [2.24, 2.45) is 0 Å². The Labute approximate surface area is 157 Å². The molecule has 1 fully saturated rings. The quantitative estimate of drug-likeness (QED) is 0.801. The lowest BCUT2D eigenvalue weighted by Gasteiger charge is -2.36. The van der Waals surface area contributed by atoms with E-state index in [9.17, 15) is 4.79 Å². The summed E-state index contributed by atoms with van der Waals surface area (Å²) in [6.07, 6.45) is 2.18. The lowest BCUT2D eigenvalue weighted by molar-refractivity contribution is -0.117. The number of nitrogens with zero attached hydrogens (tertiary/aromatic N) is 5. The van der Waals surface area contributed by atoms with Gasteiger partial charge in [0.1, 0.15) is 5.82 Å². The number of benzene rings is 1. The first-order chi connectivity index (χ1) is 11.6. The van der Waals surface area contributed by atoms with Crippen molar-refractivity contribution in [2.45, 2.75) is 6.42 Å². The zero-order valence-corrected chi connectivity index (χ0v) is 15.4. The largest absolute Gasteiger partial charge is 0.368 e. The minimum Gasteiger partial charge on any atom is -0.368 e. The van der Waals surface area contributed by atoms with Gasteiger partial charge in [0.15, 0.2) is 0 Å². The maximum absolute atomic E-state index is 11.8. The van der Waals surface area contributed by atoms with Crippen LogP contribution >= 0.6 is 24.0 Å². The number of fused-ring (bicyclic) bond motifs is 1. The second-order valence-electron chi connectivity index (χ2n) is 6.10. The molecule has 2 aliphatic rings. The van der Waals surface area contributed by atoms with Crippen LogP contribution in [0.4, 0.5) is 17.5 Å². The van der Waals surface area contributed by atoms with Crippen molar-refractivity contribution >= 4 is 47.4 Å². The summed E-state index contributed by atoms with van der Waals surface area (Å²) in [6, 6.07) is 7.92. The zero-order chi connectivity index (χ0) is 16.7. The molecule has 0 radical (unpaired) electrons. The smallest absolute Gasteiger partial charge is 0.232 e. The van der Waals surface area contributed by atoms with Crippen LogP contribution in [0.1, 0.15) is 5.56 Å². The van der Waals surface area contributed by atoms with E-state index in [1.807, 2.05) is 24.3 Å². The van der Waals surface area contributed by atoms with Crippen LogP contribution < -0.4 is 14.7 Å². The highest BCUT2D eigenvalue weighted by Crippen LogP contribution is 2.27. The number of rotatable bonds is 2. The molecule has 2 aliphatic heterocycles. The van der Waals surface area contributed by atoms with Crippen LogP contribution in [0, 0.1) is 0 Å². The van der Waals surface area contributed by atoms with Gasteiger partial charge in [-0.3, -0.25) is 9.69 Å². The van der Waals surface area contributed by atoms with E-state index in [1.54, 1.807) is 18.1 Å². The number of likely N-dealkylation sites (N-methyl/N-ethyl adjacent to an activating group) is 1. The predicted molar refractivity (Wildman–Crippen MR) is 102 cm³/mol. The second kappa shape index (κ2) is 7.06. The summed E-state index contributed by atoms with van der Waals surface area (Å²) in [5, 5.41) is 0.752. The Morgan fingerprint density at radius 1 is 1.04 bits per heavy atom. The van der Waals surface area contributed by atoms with Crippen LogP contribution in [0.5, 0.6) is 0 Å². The van der Waals surface area contributed by atoms with Gasteiger partial charge in [0.25, 0.3) is 0 Å². The third kappa shape index (κ3) is 3.37. The molecule has 132 valence electrons.